The van der Waals surface area contributed by atoms with Crippen LogP contribution in [-0.4, -0.2) is 29.9 Å². The molecular weight excluding hydrogens is 308 g/mol. The van der Waals surface area contributed by atoms with Crippen molar-refractivity contribution in [1.82, 2.24) is 5.32 Å². The number of rotatable bonds is 6. The van der Waals surface area contributed by atoms with Crippen LogP contribution < -0.4 is 10.6 Å². The van der Waals surface area contributed by atoms with Crippen LogP contribution in [0.25, 0.3) is 0 Å². The van der Waals surface area contributed by atoms with E-state index in [9.17, 15) is 14.4 Å². The van der Waals surface area contributed by atoms with Gasteiger partial charge in [0, 0.05) is 19.2 Å². The van der Waals surface area contributed by atoms with E-state index in [1.807, 2.05) is 0 Å². The summed E-state index contributed by atoms with van der Waals surface area (Å²) >= 11 is 6.00. The third-order valence-electron chi connectivity index (χ3n) is 2.99. The van der Waals surface area contributed by atoms with Gasteiger partial charge in [0.1, 0.15) is 0 Å². The molecule has 0 unspecified atom stereocenters. The lowest BCUT2D eigenvalue weighted by Gasteiger charge is -2.21. The minimum absolute atomic E-state index is 0.0636. The first kappa shape index (κ1) is 18.0. The Morgan fingerprint density at radius 2 is 1.86 bits per heavy atom. The standard InChI is InChI=1S/C15H19ClN2O4/c1-15(2,8-13(20)21)7-12(19)18-9-4-5-10(11(16)6-9)14(22)17-3/h4-6H,7-8H2,1-3H3,(H,17,22)(H,18,19)(H,20,21). The largest absolute Gasteiger partial charge is 0.481 e. The van der Waals surface area contributed by atoms with Gasteiger partial charge in [-0.3, -0.25) is 14.4 Å². The summed E-state index contributed by atoms with van der Waals surface area (Å²) in [6, 6.07) is 4.56. The molecular formula is C15H19ClN2O4. The van der Waals surface area contributed by atoms with E-state index in [0.717, 1.165) is 0 Å². The number of carbonyl (C=O) groups excluding carboxylic acids is 2. The third kappa shape index (κ3) is 5.37. The molecule has 1 aromatic carbocycles. The third-order valence-corrected chi connectivity index (χ3v) is 3.31. The summed E-state index contributed by atoms with van der Waals surface area (Å²) in [6.07, 6.45) is -0.0368. The molecule has 0 aliphatic heterocycles. The summed E-state index contributed by atoms with van der Waals surface area (Å²) < 4.78 is 0. The monoisotopic (exact) mass is 326 g/mol. The average molecular weight is 327 g/mol. The van der Waals surface area contributed by atoms with Crippen LogP contribution in [0, 0.1) is 5.41 Å². The van der Waals surface area contributed by atoms with Gasteiger partial charge in [-0.05, 0) is 23.6 Å². The number of hydrogen-bond donors (Lipinski definition) is 3. The quantitative estimate of drug-likeness (QED) is 0.748. The first-order chi connectivity index (χ1) is 10.1. The van der Waals surface area contributed by atoms with Crippen LogP contribution in [0.2, 0.25) is 5.02 Å². The molecule has 0 bridgehead atoms. The summed E-state index contributed by atoms with van der Waals surface area (Å²) in [5.74, 6) is -1.57. The van der Waals surface area contributed by atoms with Gasteiger partial charge in [0.2, 0.25) is 5.91 Å². The van der Waals surface area contributed by atoms with Crippen molar-refractivity contribution in [3.63, 3.8) is 0 Å². The van der Waals surface area contributed by atoms with Gasteiger partial charge in [-0.1, -0.05) is 25.4 Å². The zero-order chi connectivity index (χ0) is 16.9. The van der Waals surface area contributed by atoms with Gasteiger partial charge in [-0.25, -0.2) is 0 Å². The van der Waals surface area contributed by atoms with Crippen molar-refractivity contribution in [3.8, 4) is 0 Å². The van der Waals surface area contributed by atoms with E-state index < -0.39 is 11.4 Å². The van der Waals surface area contributed by atoms with Gasteiger partial charge >= 0.3 is 5.97 Å². The molecule has 7 heteroatoms. The molecule has 0 heterocycles. The van der Waals surface area contributed by atoms with Crippen molar-refractivity contribution in [2.75, 3.05) is 12.4 Å². The lowest BCUT2D eigenvalue weighted by molar-refractivity contribution is -0.139. The number of benzene rings is 1. The van der Waals surface area contributed by atoms with Gasteiger partial charge in [-0.2, -0.15) is 0 Å². The van der Waals surface area contributed by atoms with Crippen LogP contribution in [0.4, 0.5) is 5.69 Å². The molecule has 0 aliphatic carbocycles. The molecule has 0 fully saturated rings. The number of carboxylic acids is 1. The van der Waals surface area contributed by atoms with Gasteiger partial charge in [0.15, 0.2) is 0 Å². The normalized spacial score (nSPS) is 10.9. The molecule has 1 rings (SSSR count). The maximum absolute atomic E-state index is 12.0. The molecule has 0 spiro atoms. The van der Waals surface area contributed by atoms with Crippen molar-refractivity contribution in [2.45, 2.75) is 26.7 Å². The van der Waals surface area contributed by atoms with Crippen molar-refractivity contribution < 1.29 is 19.5 Å². The Morgan fingerprint density at radius 1 is 1.23 bits per heavy atom. The SMILES string of the molecule is CNC(=O)c1ccc(NC(=O)CC(C)(C)CC(=O)O)cc1Cl. The number of halogens is 1. The molecule has 22 heavy (non-hydrogen) atoms. The Kier molecular flexibility index (Phi) is 5.93. The summed E-state index contributed by atoms with van der Waals surface area (Å²) in [5, 5.41) is 14.1. The summed E-state index contributed by atoms with van der Waals surface area (Å²) in [6.45, 7) is 3.42. The number of carboxylic acid groups (broad SMARTS) is 1. The molecule has 0 atom stereocenters. The highest BCUT2D eigenvalue weighted by Crippen LogP contribution is 2.26. The number of aliphatic carboxylic acids is 1. The molecule has 0 aromatic heterocycles. The maximum Gasteiger partial charge on any atom is 0.303 e. The van der Waals surface area contributed by atoms with E-state index in [-0.39, 0.29) is 29.7 Å². The number of nitrogens with one attached hydrogen (secondary N) is 2. The lowest BCUT2D eigenvalue weighted by atomic mass is 9.85. The molecule has 1 aromatic rings. The van der Waals surface area contributed by atoms with Gasteiger partial charge in [-0.15, -0.1) is 0 Å². The van der Waals surface area contributed by atoms with Crippen molar-refractivity contribution in [3.05, 3.63) is 28.8 Å². The predicted octanol–water partition coefficient (Wildman–Crippen LogP) is 2.53. The van der Waals surface area contributed by atoms with E-state index >= 15 is 0 Å². The van der Waals surface area contributed by atoms with Crippen LogP contribution in [0.3, 0.4) is 0 Å². The Balaban J connectivity index is 2.75. The van der Waals surface area contributed by atoms with Crippen molar-refractivity contribution >= 4 is 35.1 Å². The fourth-order valence-electron chi connectivity index (χ4n) is 2.02. The van der Waals surface area contributed by atoms with Gasteiger partial charge in [0.05, 0.1) is 17.0 Å². The summed E-state index contributed by atoms with van der Waals surface area (Å²) in [7, 11) is 1.50. The second-order valence-electron chi connectivity index (χ2n) is 5.73. The molecule has 0 radical (unpaired) electrons. The maximum atomic E-state index is 12.0. The van der Waals surface area contributed by atoms with E-state index in [1.54, 1.807) is 19.9 Å². The number of hydrogen-bond acceptors (Lipinski definition) is 3. The van der Waals surface area contributed by atoms with Crippen LogP contribution in [0.15, 0.2) is 18.2 Å². The molecule has 0 aliphatic rings. The van der Waals surface area contributed by atoms with Crippen molar-refractivity contribution in [1.29, 1.82) is 0 Å². The first-order valence-corrected chi connectivity index (χ1v) is 7.06. The minimum Gasteiger partial charge on any atom is -0.481 e. The van der Waals surface area contributed by atoms with E-state index in [0.29, 0.717) is 11.3 Å². The average Bonchev–Trinajstić information content (AvgIpc) is 2.35. The Labute approximate surface area is 133 Å². The van der Waals surface area contributed by atoms with Crippen LogP contribution in [0.1, 0.15) is 37.0 Å². The predicted molar refractivity (Wildman–Crippen MR) is 84.1 cm³/mol. The van der Waals surface area contributed by atoms with Crippen LogP contribution in [0.5, 0.6) is 0 Å². The van der Waals surface area contributed by atoms with Crippen LogP contribution >= 0.6 is 11.6 Å². The van der Waals surface area contributed by atoms with E-state index in [1.165, 1.54) is 19.2 Å². The van der Waals surface area contributed by atoms with Gasteiger partial charge in [0.25, 0.3) is 5.91 Å². The second-order valence-corrected chi connectivity index (χ2v) is 6.14. The molecule has 0 saturated carbocycles. The first-order valence-electron chi connectivity index (χ1n) is 6.68. The molecule has 2 amide bonds. The molecule has 3 N–H and O–H groups in total. The van der Waals surface area contributed by atoms with E-state index in [2.05, 4.69) is 10.6 Å². The zero-order valence-corrected chi connectivity index (χ0v) is 13.5. The van der Waals surface area contributed by atoms with E-state index in [4.69, 9.17) is 16.7 Å². The Hall–Kier alpha value is -2.08. The molecule has 120 valence electrons. The smallest absolute Gasteiger partial charge is 0.303 e. The second kappa shape index (κ2) is 7.26. The Morgan fingerprint density at radius 3 is 2.36 bits per heavy atom. The fourth-order valence-corrected chi connectivity index (χ4v) is 2.29. The number of carbonyl (C=O) groups is 3. The highest BCUT2D eigenvalue weighted by molar-refractivity contribution is 6.34. The molecule has 0 saturated heterocycles. The van der Waals surface area contributed by atoms with Gasteiger partial charge < -0.3 is 15.7 Å². The highest BCUT2D eigenvalue weighted by atomic mass is 35.5. The minimum atomic E-state index is -0.948. The Bertz CT molecular complexity index is 599. The van der Waals surface area contributed by atoms with Crippen molar-refractivity contribution in [2.24, 2.45) is 5.41 Å². The summed E-state index contributed by atoms with van der Waals surface area (Å²) in [5.41, 5.74) is 0.115. The lowest BCUT2D eigenvalue weighted by Crippen LogP contribution is -2.25. The summed E-state index contributed by atoms with van der Waals surface area (Å²) in [4.78, 5) is 34.2. The fraction of sp³-hybridized carbons (Fsp3) is 0.400. The highest BCUT2D eigenvalue weighted by Gasteiger charge is 2.25. The number of anilines is 1. The topological polar surface area (TPSA) is 95.5 Å². The molecule has 6 nitrogen and oxygen atoms in total. The zero-order valence-electron chi connectivity index (χ0n) is 12.7. The van der Waals surface area contributed by atoms with Crippen LogP contribution in [-0.2, 0) is 9.59 Å². The number of amides is 2.